The fraction of sp³-hybridized carbons (Fsp3) is 0.571. The first-order valence-corrected chi connectivity index (χ1v) is 10.1. The Morgan fingerprint density at radius 2 is 1.75 bits per heavy atom. The van der Waals surface area contributed by atoms with E-state index in [9.17, 15) is 14.4 Å². The molecule has 0 spiro atoms. The highest BCUT2D eigenvalue weighted by Gasteiger charge is 2.21. The van der Waals surface area contributed by atoms with Gasteiger partial charge in [0.15, 0.2) is 5.78 Å². The van der Waals surface area contributed by atoms with Gasteiger partial charge in [0.1, 0.15) is 5.75 Å². The Kier molecular flexibility index (Phi) is 8.94. The third-order valence-electron chi connectivity index (χ3n) is 4.74. The van der Waals surface area contributed by atoms with Gasteiger partial charge in [-0.25, -0.2) is 0 Å². The van der Waals surface area contributed by atoms with Crippen LogP contribution in [0, 0.1) is 0 Å². The van der Waals surface area contributed by atoms with Crippen molar-refractivity contribution in [2.45, 2.75) is 33.1 Å². The first kappa shape index (κ1) is 21.9. The highest BCUT2D eigenvalue weighted by molar-refractivity contribution is 5.98. The number of likely N-dealkylation sites (N-methyl/N-ethyl adjacent to an activating group) is 1. The van der Waals surface area contributed by atoms with Crippen molar-refractivity contribution in [2.75, 3.05) is 45.9 Å². The van der Waals surface area contributed by atoms with E-state index in [1.165, 1.54) is 0 Å². The van der Waals surface area contributed by atoms with Gasteiger partial charge in [0.25, 0.3) is 0 Å². The minimum atomic E-state index is -0.0379. The molecule has 2 rings (SSSR count). The largest absolute Gasteiger partial charge is 0.494 e. The number of amides is 2. The van der Waals surface area contributed by atoms with Gasteiger partial charge < -0.3 is 15.0 Å². The molecule has 0 saturated carbocycles. The second-order valence-corrected chi connectivity index (χ2v) is 6.84. The number of carbonyl (C=O) groups excluding carboxylic acids is 3. The molecule has 0 aliphatic carbocycles. The molecule has 0 atom stereocenters. The Labute approximate surface area is 167 Å². The lowest BCUT2D eigenvalue weighted by atomic mass is 10.1. The van der Waals surface area contributed by atoms with E-state index in [1.54, 1.807) is 24.3 Å². The number of nitrogens with one attached hydrogen (secondary N) is 1. The molecule has 1 aromatic rings. The van der Waals surface area contributed by atoms with Crippen molar-refractivity contribution in [3.05, 3.63) is 29.8 Å². The summed E-state index contributed by atoms with van der Waals surface area (Å²) < 4.78 is 5.38. The van der Waals surface area contributed by atoms with Crippen molar-refractivity contribution in [1.82, 2.24) is 15.1 Å². The van der Waals surface area contributed by atoms with Crippen molar-refractivity contribution < 1.29 is 19.1 Å². The maximum absolute atomic E-state index is 12.5. The summed E-state index contributed by atoms with van der Waals surface area (Å²) in [4.78, 5) is 40.5. The molecule has 7 heteroatoms. The van der Waals surface area contributed by atoms with E-state index in [0.717, 1.165) is 18.7 Å². The minimum Gasteiger partial charge on any atom is -0.494 e. The van der Waals surface area contributed by atoms with E-state index in [-0.39, 0.29) is 30.4 Å². The third kappa shape index (κ3) is 6.96. The smallest absolute Gasteiger partial charge is 0.234 e. The van der Waals surface area contributed by atoms with Crippen LogP contribution in [0.3, 0.4) is 0 Å². The Hall–Kier alpha value is -2.41. The van der Waals surface area contributed by atoms with Crippen LogP contribution in [0.5, 0.6) is 5.75 Å². The second-order valence-electron chi connectivity index (χ2n) is 6.84. The van der Waals surface area contributed by atoms with Crippen molar-refractivity contribution in [1.29, 1.82) is 0 Å². The Bertz CT molecular complexity index is 660. The van der Waals surface area contributed by atoms with Gasteiger partial charge in [-0.15, -0.1) is 0 Å². The van der Waals surface area contributed by atoms with E-state index in [4.69, 9.17) is 4.74 Å². The SMILES string of the molecule is CCNC(=O)CN1CCCN(C(=O)CCC(=O)c2ccc(OCC)cc2)CC1. The molecule has 1 fully saturated rings. The first-order valence-electron chi connectivity index (χ1n) is 10.1. The van der Waals surface area contributed by atoms with Gasteiger partial charge in [-0.2, -0.15) is 0 Å². The van der Waals surface area contributed by atoms with Crippen molar-refractivity contribution in [3.8, 4) is 5.75 Å². The summed E-state index contributed by atoms with van der Waals surface area (Å²) in [6, 6.07) is 7.03. The highest BCUT2D eigenvalue weighted by Crippen LogP contribution is 2.15. The summed E-state index contributed by atoms with van der Waals surface area (Å²) in [5.41, 5.74) is 0.597. The lowest BCUT2D eigenvalue weighted by molar-refractivity contribution is -0.131. The predicted molar refractivity (Wildman–Crippen MR) is 107 cm³/mol. The minimum absolute atomic E-state index is 0.000791. The fourth-order valence-electron chi connectivity index (χ4n) is 3.26. The summed E-state index contributed by atoms with van der Waals surface area (Å²) in [7, 11) is 0. The third-order valence-corrected chi connectivity index (χ3v) is 4.74. The first-order chi connectivity index (χ1) is 13.5. The number of hydrogen-bond donors (Lipinski definition) is 1. The standard InChI is InChI=1S/C21H31N3O4/c1-3-22-20(26)16-23-12-5-13-24(15-14-23)21(27)11-10-19(25)17-6-8-18(9-7-17)28-4-2/h6-9H,3-5,10-16H2,1-2H3,(H,22,26). The summed E-state index contributed by atoms with van der Waals surface area (Å²) in [6.07, 6.45) is 1.24. The molecule has 1 aliphatic rings. The van der Waals surface area contributed by atoms with E-state index in [1.807, 2.05) is 18.7 Å². The van der Waals surface area contributed by atoms with E-state index in [0.29, 0.717) is 44.9 Å². The van der Waals surface area contributed by atoms with Crippen molar-refractivity contribution in [2.24, 2.45) is 0 Å². The van der Waals surface area contributed by atoms with Crippen LogP contribution in [-0.2, 0) is 9.59 Å². The lowest BCUT2D eigenvalue weighted by Crippen LogP contribution is -2.40. The molecule has 0 unspecified atom stereocenters. The summed E-state index contributed by atoms with van der Waals surface area (Å²) >= 11 is 0. The topological polar surface area (TPSA) is 79.0 Å². The zero-order valence-electron chi connectivity index (χ0n) is 16.9. The number of rotatable bonds is 9. The van der Waals surface area contributed by atoms with Crippen molar-refractivity contribution in [3.63, 3.8) is 0 Å². The van der Waals surface area contributed by atoms with Crippen LogP contribution in [0.1, 0.15) is 43.5 Å². The maximum atomic E-state index is 12.5. The molecule has 1 saturated heterocycles. The predicted octanol–water partition coefficient (Wildman–Crippen LogP) is 1.72. The number of carbonyl (C=O) groups is 3. The monoisotopic (exact) mass is 389 g/mol. The van der Waals surface area contributed by atoms with Crippen LogP contribution in [-0.4, -0.2) is 73.3 Å². The molecular formula is C21H31N3O4. The van der Waals surface area contributed by atoms with E-state index in [2.05, 4.69) is 10.2 Å². The molecule has 1 aliphatic heterocycles. The Morgan fingerprint density at radius 3 is 2.43 bits per heavy atom. The average Bonchev–Trinajstić information content (AvgIpc) is 2.92. The van der Waals surface area contributed by atoms with Gasteiger partial charge in [-0.05, 0) is 44.5 Å². The number of ether oxygens (including phenoxy) is 1. The number of Topliss-reactive ketones (excluding diaryl/α,β-unsaturated/α-hetero) is 1. The van der Waals surface area contributed by atoms with Gasteiger partial charge in [0.05, 0.1) is 13.2 Å². The maximum Gasteiger partial charge on any atom is 0.234 e. The van der Waals surface area contributed by atoms with Gasteiger partial charge in [0.2, 0.25) is 11.8 Å². The van der Waals surface area contributed by atoms with Crippen LogP contribution in [0.4, 0.5) is 0 Å². The molecule has 2 amide bonds. The molecule has 0 radical (unpaired) electrons. The van der Waals surface area contributed by atoms with Gasteiger partial charge in [-0.1, -0.05) is 0 Å². The number of hydrogen-bond acceptors (Lipinski definition) is 5. The average molecular weight is 389 g/mol. The van der Waals surface area contributed by atoms with Gasteiger partial charge in [-0.3, -0.25) is 19.3 Å². The molecule has 0 bridgehead atoms. The molecular weight excluding hydrogens is 358 g/mol. The van der Waals surface area contributed by atoms with Gasteiger partial charge >= 0.3 is 0 Å². The quantitative estimate of drug-likeness (QED) is 0.651. The zero-order chi connectivity index (χ0) is 20.4. The van der Waals surface area contributed by atoms with E-state index < -0.39 is 0 Å². The molecule has 1 N–H and O–H groups in total. The fourth-order valence-corrected chi connectivity index (χ4v) is 3.26. The Balaban J connectivity index is 1.77. The van der Waals surface area contributed by atoms with E-state index >= 15 is 0 Å². The summed E-state index contributed by atoms with van der Waals surface area (Å²) in [6.45, 7) is 8.12. The summed E-state index contributed by atoms with van der Waals surface area (Å²) in [5, 5.41) is 2.80. The molecule has 28 heavy (non-hydrogen) atoms. The zero-order valence-corrected chi connectivity index (χ0v) is 16.9. The van der Waals surface area contributed by atoms with Crippen LogP contribution in [0.2, 0.25) is 0 Å². The normalized spacial score (nSPS) is 15.0. The Morgan fingerprint density at radius 1 is 1.00 bits per heavy atom. The number of nitrogens with zero attached hydrogens (tertiary/aromatic N) is 2. The van der Waals surface area contributed by atoms with Crippen LogP contribution >= 0.6 is 0 Å². The van der Waals surface area contributed by atoms with Crippen LogP contribution < -0.4 is 10.1 Å². The molecule has 0 aromatic heterocycles. The van der Waals surface area contributed by atoms with Gasteiger partial charge in [0, 0.05) is 51.1 Å². The van der Waals surface area contributed by atoms with Crippen LogP contribution in [0.15, 0.2) is 24.3 Å². The molecule has 1 aromatic carbocycles. The van der Waals surface area contributed by atoms with Crippen LogP contribution in [0.25, 0.3) is 0 Å². The molecule has 7 nitrogen and oxygen atoms in total. The molecule has 154 valence electrons. The molecule has 1 heterocycles. The number of benzene rings is 1. The highest BCUT2D eigenvalue weighted by atomic mass is 16.5. The number of ketones is 1. The summed E-state index contributed by atoms with van der Waals surface area (Å²) in [5.74, 6) is 0.711. The second kappa shape index (κ2) is 11.4. The lowest BCUT2D eigenvalue weighted by Gasteiger charge is -2.21. The van der Waals surface area contributed by atoms with Crippen molar-refractivity contribution >= 4 is 17.6 Å².